The van der Waals surface area contributed by atoms with E-state index in [4.69, 9.17) is 37.0 Å². The number of unbranched alkanes of at least 4 members (excludes halogenated alkanes) is 58. The molecular formula is C90H176O17P2. The first-order chi connectivity index (χ1) is 52.9. The van der Waals surface area contributed by atoms with E-state index in [1.54, 1.807) is 0 Å². The van der Waals surface area contributed by atoms with E-state index < -0.39 is 97.5 Å². The molecule has 0 aliphatic rings. The first-order valence-electron chi connectivity index (χ1n) is 46.5. The lowest BCUT2D eigenvalue weighted by Gasteiger charge is -2.21. The predicted molar refractivity (Wildman–Crippen MR) is 451 cm³/mol. The predicted octanol–water partition coefficient (Wildman–Crippen LogP) is 27.8. The van der Waals surface area contributed by atoms with Crippen molar-refractivity contribution in [1.29, 1.82) is 0 Å². The Bertz CT molecular complexity index is 2080. The number of aliphatic hydroxyl groups is 1. The van der Waals surface area contributed by atoms with E-state index in [1.165, 1.54) is 302 Å². The molecule has 3 unspecified atom stereocenters. The second kappa shape index (κ2) is 81.2. The standard InChI is InChI=1S/C90H176O17P2/c1-7-10-12-14-16-18-20-22-37-44-50-56-62-68-74-89(94)106-85(78-100-87(92)72-66-60-54-48-42-21-19-17-15-13-11-8-2)80-104-108(96,97)102-76-84(91)77-103-109(98,99)105-81-86(79-101-88(93)73-67-61-55-49-43-38-33-29-25-23-27-31-35-40-46-52-58-64-70-82(4)5)107-90(95)75-69-63-57-51-45-39-34-30-26-24-28-32-36-41-47-53-59-65-71-83(6)9-3/h82-86,91H,7-81H2,1-6H3,(H,96,97)(H,98,99)/t83?,84-,85+,86+/m0/s1. The molecule has 3 N–H and O–H groups in total. The number of carbonyl (C=O) groups excluding carboxylic acids is 4. The number of aliphatic hydroxyl groups excluding tert-OH is 1. The van der Waals surface area contributed by atoms with Crippen molar-refractivity contribution in [3.8, 4) is 0 Å². The molecule has 0 amide bonds. The fourth-order valence-corrected chi connectivity index (χ4v) is 15.7. The molecule has 109 heavy (non-hydrogen) atoms. The maximum Gasteiger partial charge on any atom is 0.472 e. The van der Waals surface area contributed by atoms with Crippen LogP contribution in [-0.2, 0) is 65.4 Å². The van der Waals surface area contributed by atoms with Crippen LogP contribution in [0.25, 0.3) is 0 Å². The molecule has 0 aromatic carbocycles. The van der Waals surface area contributed by atoms with Crippen LogP contribution in [0.3, 0.4) is 0 Å². The molecular weight excluding hydrogens is 1410 g/mol. The number of phosphoric ester groups is 2. The summed E-state index contributed by atoms with van der Waals surface area (Å²) in [5, 5.41) is 10.7. The highest BCUT2D eigenvalue weighted by Gasteiger charge is 2.31. The topological polar surface area (TPSA) is 237 Å². The Labute approximate surface area is 670 Å². The Kier molecular flexibility index (Phi) is 79.8. The molecule has 0 fully saturated rings. The van der Waals surface area contributed by atoms with E-state index >= 15 is 0 Å². The Balaban J connectivity index is 5.23. The third-order valence-corrected chi connectivity index (χ3v) is 23.5. The fourth-order valence-electron chi connectivity index (χ4n) is 14.1. The number of phosphoric acid groups is 2. The van der Waals surface area contributed by atoms with Gasteiger partial charge in [0.05, 0.1) is 26.4 Å². The van der Waals surface area contributed by atoms with E-state index in [0.29, 0.717) is 25.7 Å². The SMILES string of the molecule is CCCCCCCCCCCCCCCCC(=O)O[C@H](COC(=O)CCCCCCCCCCCCCC)COP(=O)(O)OC[C@H](O)COP(=O)(O)OC[C@@H](COC(=O)CCCCCCCCCCCCCCCCCCCCC(C)C)OC(=O)CCCCCCCCCCCCCCCCCCCCC(C)CC. The van der Waals surface area contributed by atoms with E-state index in [9.17, 15) is 43.2 Å². The van der Waals surface area contributed by atoms with Crippen molar-refractivity contribution in [3.63, 3.8) is 0 Å². The second-order valence-electron chi connectivity index (χ2n) is 33.1. The number of carbonyl (C=O) groups is 4. The summed E-state index contributed by atoms with van der Waals surface area (Å²) in [5.41, 5.74) is 0. The Morgan fingerprint density at radius 2 is 0.468 bits per heavy atom. The van der Waals surface area contributed by atoms with Gasteiger partial charge in [-0.05, 0) is 37.5 Å². The van der Waals surface area contributed by atoms with Crippen molar-refractivity contribution in [1.82, 2.24) is 0 Å². The van der Waals surface area contributed by atoms with Gasteiger partial charge in [-0.25, -0.2) is 9.13 Å². The average Bonchev–Trinajstić information content (AvgIpc) is 0.899. The molecule has 17 nitrogen and oxygen atoms in total. The summed E-state index contributed by atoms with van der Waals surface area (Å²) in [7, 11) is -9.93. The maximum atomic E-state index is 13.2. The summed E-state index contributed by atoms with van der Waals surface area (Å²) < 4.78 is 69.0. The van der Waals surface area contributed by atoms with E-state index in [0.717, 1.165) is 102 Å². The van der Waals surface area contributed by atoms with Crippen LogP contribution in [0.15, 0.2) is 0 Å². The van der Waals surface area contributed by atoms with Crippen LogP contribution in [0, 0.1) is 11.8 Å². The smallest absolute Gasteiger partial charge is 0.462 e. The van der Waals surface area contributed by atoms with Gasteiger partial charge in [0.2, 0.25) is 0 Å². The molecule has 0 rings (SSSR count). The van der Waals surface area contributed by atoms with Gasteiger partial charge < -0.3 is 33.8 Å². The average molecular weight is 1590 g/mol. The normalized spacial score (nSPS) is 14.0. The van der Waals surface area contributed by atoms with Crippen molar-refractivity contribution in [2.45, 2.75) is 503 Å². The van der Waals surface area contributed by atoms with Crippen LogP contribution in [0.4, 0.5) is 0 Å². The van der Waals surface area contributed by atoms with E-state index in [1.807, 2.05) is 0 Å². The Morgan fingerprint density at radius 3 is 0.697 bits per heavy atom. The van der Waals surface area contributed by atoms with Gasteiger partial charge in [-0.1, -0.05) is 433 Å². The molecule has 0 aromatic rings. The van der Waals surface area contributed by atoms with Crippen molar-refractivity contribution in [3.05, 3.63) is 0 Å². The van der Waals surface area contributed by atoms with Gasteiger partial charge in [-0.2, -0.15) is 0 Å². The molecule has 0 radical (unpaired) electrons. The molecule has 0 aliphatic carbocycles. The highest BCUT2D eigenvalue weighted by Crippen LogP contribution is 2.45. The lowest BCUT2D eigenvalue weighted by atomic mass is 9.99. The number of hydrogen-bond acceptors (Lipinski definition) is 15. The third-order valence-electron chi connectivity index (χ3n) is 21.6. The van der Waals surface area contributed by atoms with Crippen molar-refractivity contribution in [2.75, 3.05) is 39.6 Å². The van der Waals surface area contributed by atoms with Crippen LogP contribution < -0.4 is 0 Å². The number of rotatable bonds is 89. The minimum absolute atomic E-state index is 0.109. The third kappa shape index (κ3) is 82.4. The number of hydrogen-bond donors (Lipinski definition) is 3. The Morgan fingerprint density at radius 1 is 0.266 bits per heavy atom. The summed E-state index contributed by atoms with van der Waals surface area (Å²) in [6.07, 6.45) is 74.9. The van der Waals surface area contributed by atoms with Crippen LogP contribution in [0.1, 0.15) is 485 Å². The molecule has 19 heteroatoms. The van der Waals surface area contributed by atoms with Crippen molar-refractivity contribution >= 4 is 39.5 Å². The molecule has 0 saturated carbocycles. The van der Waals surface area contributed by atoms with Gasteiger partial charge in [-0.15, -0.1) is 0 Å². The summed E-state index contributed by atoms with van der Waals surface area (Å²) >= 11 is 0. The van der Waals surface area contributed by atoms with Crippen molar-refractivity contribution in [2.24, 2.45) is 11.8 Å². The molecule has 0 aromatic heterocycles. The van der Waals surface area contributed by atoms with Crippen LogP contribution in [-0.4, -0.2) is 96.7 Å². The highest BCUT2D eigenvalue weighted by molar-refractivity contribution is 7.47. The molecule has 0 spiro atoms. The quantitative estimate of drug-likeness (QED) is 0.0222. The molecule has 6 atom stereocenters. The Hall–Kier alpha value is -1.94. The maximum absolute atomic E-state index is 13.2. The monoisotopic (exact) mass is 1590 g/mol. The molecule has 0 aliphatic heterocycles. The summed E-state index contributed by atoms with van der Waals surface area (Å²) in [5.74, 6) is -0.401. The summed E-state index contributed by atoms with van der Waals surface area (Å²) in [6, 6.07) is 0. The second-order valence-corrected chi connectivity index (χ2v) is 36.0. The lowest BCUT2D eigenvalue weighted by molar-refractivity contribution is -0.161. The minimum atomic E-state index is -4.97. The first kappa shape index (κ1) is 107. The molecule has 0 bridgehead atoms. The summed E-state index contributed by atoms with van der Waals surface area (Å²) in [4.78, 5) is 73.4. The van der Waals surface area contributed by atoms with Crippen LogP contribution >= 0.6 is 15.6 Å². The number of ether oxygens (including phenoxy) is 4. The number of esters is 4. The van der Waals surface area contributed by atoms with Crippen LogP contribution in [0.5, 0.6) is 0 Å². The van der Waals surface area contributed by atoms with Crippen molar-refractivity contribution < 1.29 is 80.2 Å². The van der Waals surface area contributed by atoms with Gasteiger partial charge in [0.25, 0.3) is 0 Å². The van der Waals surface area contributed by atoms with Gasteiger partial charge in [-0.3, -0.25) is 37.3 Å². The van der Waals surface area contributed by atoms with Gasteiger partial charge in [0, 0.05) is 25.7 Å². The highest BCUT2D eigenvalue weighted by atomic mass is 31.2. The first-order valence-corrected chi connectivity index (χ1v) is 49.5. The zero-order valence-electron chi connectivity index (χ0n) is 71.9. The molecule has 0 saturated heterocycles. The minimum Gasteiger partial charge on any atom is -0.462 e. The summed E-state index contributed by atoms with van der Waals surface area (Å²) in [6.45, 7) is 9.80. The molecule has 0 heterocycles. The molecule has 648 valence electrons. The largest absolute Gasteiger partial charge is 0.472 e. The van der Waals surface area contributed by atoms with Gasteiger partial charge >= 0.3 is 39.5 Å². The van der Waals surface area contributed by atoms with Gasteiger partial charge in [0.15, 0.2) is 12.2 Å². The van der Waals surface area contributed by atoms with E-state index in [-0.39, 0.29) is 25.7 Å². The lowest BCUT2D eigenvalue weighted by Crippen LogP contribution is -2.30. The fraction of sp³-hybridized carbons (Fsp3) is 0.956. The zero-order chi connectivity index (χ0) is 79.9. The van der Waals surface area contributed by atoms with E-state index in [2.05, 4.69) is 41.5 Å². The van der Waals surface area contributed by atoms with Crippen LogP contribution in [0.2, 0.25) is 0 Å². The zero-order valence-corrected chi connectivity index (χ0v) is 73.7. The van der Waals surface area contributed by atoms with Gasteiger partial charge in [0.1, 0.15) is 19.3 Å².